The summed E-state index contributed by atoms with van der Waals surface area (Å²) in [5.74, 6) is 0. The van der Waals surface area contributed by atoms with Gasteiger partial charge in [0.2, 0.25) is 0 Å². The minimum Gasteiger partial charge on any atom is -0.377 e. The number of benzene rings is 4. The highest BCUT2D eigenvalue weighted by atomic mass is 31.1. The van der Waals surface area contributed by atoms with Gasteiger partial charge in [0.15, 0.2) is 0 Å². The average molecular weight is 355 g/mol. The number of hydrogen-bond donors (Lipinski definition) is 0. The van der Waals surface area contributed by atoms with E-state index < -0.39 is 7.92 Å². The average Bonchev–Trinajstić information content (AvgIpc) is 2.69. The molecule has 0 bridgehead atoms. The third-order valence-corrected chi connectivity index (χ3v) is 7.07. The summed E-state index contributed by atoms with van der Waals surface area (Å²) in [4.78, 5) is 2.26. The van der Waals surface area contributed by atoms with E-state index in [4.69, 9.17) is 0 Å². The fraction of sp³-hybridized carbons (Fsp3) is 0.0833. The topological polar surface area (TPSA) is 3.24 Å². The Morgan fingerprint density at radius 3 is 1.69 bits per heavy atom. The van der Waals surface area contributed by atoms with Crippen molar-refractivity contribution in [1.82, 2.24) is 0 Å². The summed E-state index contributed by atoms with van der Waals surface area (Å²) < 4.78 is 0. The summed E-state index contributed by atoms with van der Waals surface area (Å²) in [6.45, 7) is 0. The van der Waals surface area contributed by atoms with Gasteiger partial charge < -0.3 is 4.90 Å². The lowest BCUT2D eigenvalue weighted by molar-refractivity contribution is 1.15. The second-order valence-electron chi connectivity index (χ2n) is 6.56. The molecule has 0 fully saturated rings. The second kappa shape index (κ2) is 7.32. The molecule has 128 valence electrons. The van der Waals surface area contributed by atoms with Gasteiger partial charge in [0.1, 0.15) is 0 Å². The van der Waals surface area contributed by atoms with Gasteiger partial charge >= 0.3 is 0 Å². The molecule has 0 atom stereocenters. The van der Waals surface area contributed by atoms with E-state index in [1.165, 1.54) is 32.4 Å². The summed E-state index contributed by atoms with van der Waals surface area (Å²) in [6, 6.07) is 35.0. The molecule has 0 amide bonds. The van der Waals surface area contributed by atoms with Crippen molar-refractivity contribution < 1.29 is 0 Å². The minimum absolute atomic E-state index is 0.614. The predicted molar refractivity (Wildman–Crippen MR) is 117 cm³/mol. The Kier molecular flexibility index (Phi) is 4.73. The lowest BCUT2D eigenvalue weighted by Gasteiger charge is -2.27. The van der Waals surface area contributed by atoms with E-state index in [-0.39, 0.29) is 0 Å². The Bertz CT molecular complexity index is 970. The largest absolute Gasteiger partial charge is 0.377 e. The first-order valence-corrected chi connectivity index (χ1v) is 10.2. The zero-order valence-corrected chi connectivity index (χ0v) is 16.0. The van der Waals surface area contributed by atoms with Crippen LogP contribution in [0, 0.1) is 0 Å². The number of hydrogen-bond acceptors (Lipinski definition) is 1. The van der Waals surface area contributed by atoms with Crippen LogP contribution in [-0.4, -0.2) is 14.1 Å². The zero-order valence-electron chi connectivity index (χ0n) is 15.1. The lowest BCUT2D eigenvalue weighted by atomic mass is 10.1. The Hall–Kier alpha value is -2.63. The number of anilines is 1. The van der Waals surface area contributed by atoms with Gasteiger partial charge in [-0.05, 0) is 23.9 Å². The molecule has 0 unspecified atom stereocenters. The van der Waals surface area contributed by atoms with Gasteiger partial charge in [0, 0.05) is 24.8 Å². The molecule has 0 aliphatic heterocycles. The van der Waals surface area contributed by atoms with Crippen molar-refractivity contribution in [2.45, 2.75) is 0 Å². The maximum atomic E-state index is 2.32. The third-order valence-electron chi connectivity index (χ3n) is 4.60. The molecule has 0 N–H and O–H groups in total. The summed E-state index contributed by atoms with van der Waals surface area (Å²) in [6.07, 6.45) is 0. The monoisotopic (exact) mass is 355 g/mol. The molecule has 0 aliphatic carbocycles. The Balaban J connectivity index is 2.02. The third kappa shape index (κ3) is 3.11. The molecule has 0 spiro atoms. The van der Waals surface area contributed by atoms with E-state index >= 15 is 0 Å². The quantitative estimate of drug-likeness (QED) is 0.481. The number of nitrogens with zero attached hydrogens (tertiary/aromatic N) is 1. The van der Waals surface area contributed by atoms with Gasteiger partial charge in [0.05, 0.1) is 5.69 Å². The Morgan fingerprint density at radius 1 is 0.577 bits per heavy atom. The molecule has 0 saturated carbocycles. The molecule has 0 aromatic heterocycles. The van der Waals surface area contributed by atoms with Crippen molar-refractivity contribution in [3.63, 3.8) is 0 Å². The SMILES string of the molecule is CN(C)c1c(P(c2ccccc2)c2ccccc2)ccc2ccccc12. The van der Waals surface area contributed by atoms with Crippen LogP contribution < -0.4 is 20.8 Å². The molecular formula is C24H22NP. The maximum Gasteiger partial charge on any atom is 0.0525 e. The molecule has 4 aromatic carbocycles. The molecule has 26 heavy (non-hydrogen) atoms. The molecule has 0 heterocycles. The van der Waals surface area contributed by atoms with E-state index in [9.17, 15) is 0 Å². The maximum absolute atomic E-state index is 2.32. The highest BCUT2D eigenvalue weighted by molar-refractivity contribution is 7.80. The van der Waals surface area contributed by atoms with Crippen LogP contribution >= 0.6 is 7.92 Å². The van der Waals surface area contributed by atoms with Crippen molar-refractivity contribution in [3.05, 3.63) is 97.1 Å². The van der Waals surface area contributed by atoms with Gasteiger partial charge in [-0.3, -0.25) is 0 Å². The molecule has 4 rings (SSSR count). The second-order valence-corrected chi connectivity index (χ2v) is 8.74. The highest BCUT2D eigenvalue weighted by Crippen LogP contribution is 2.39. The van der Waals surface area contributed by atoms with E-state index in [1.807, 2.05) is 0 Å². The molecule has 0 radical (unpaired) electrons. The summed E-state index contributed by atoms with van der Waals surface area (Å²) in [5, 5.41) is 6.77. The van der Waals surface area contributed by atoms with Crippen LogP contribution in [0.4, 0.5) is 5.69 Å². The molecule has 0 saturated heterocycles. The van der Waals surface area contributed by atoms with Gasteiger partial charge in [-0.1, -0.05) is 97.1 Å². The van der Waals surface area contributed by atoms with Crippen LogP contribution in [0.1, 0.15) is 0 Å². The van der Waals surface area contributed by atoms with E-state index in [0.717, 1.165) is 0 Å². The van der Waals surface area contributed by atoms with Crippen LogP contribution in [0.3, 0.4) is 0 Å². The van der Waals surface area contributed by atoms with Crippen molar-refractivity contribution in [1.29, 1.82) is 0 Å². The summed E-state index contributed by atoms with van der Waals surface area (Å²) in [7, 11) is 3.68. The van der Waals surface area contributed by atoms with Gasteiger partial charge in [-0.15, -0.1) is 0 Å². The van der Waals surface area contributed by atoms with Crippen molar-refractivity contribution >= 4 is 40.3 Å². The fourth-order valence-electron chi connectivity index (χ4n) is 3.48. The van der Waals surface area contributed by atoms with Crippen LogP contribution in [0.15, 0.2) is 97.1 Å². The standard InChI is InChI=1S/C24H22NP/c1-25(2)24-22-16-10-9-11-19(22)17-18-23(24)26(20-12-5-3-6-13-20)21-14-7-4-8-15-21/h3-18H,1-2H3. The molecular weight excluding hydrogens is 333 g/mol. The van der Waals surface area contributed by atoms with E-state index in [1.54, 1.807) is 0 Å². The summed E-state index contributed by atoms with van der Waals surface area (Å²) >= 11 is 0. The van der Waals surface area contributed by atoms with Gasteiger partial charge in [-0.25, -0.2) is 0 Å². The minimum atomic E-state index is -0.614. The smallest absolute Gasteiger partial charge is 0.0525 e. The van der Waals surface area contributed by atoms with Crippen molar-refractivity contribution in [2.24, 2.45) is 0 Å². The van der Waals surface area contributed by atoms with E-state index in [2.05, 4.69) is 116 Å². The first-order valence-electron chi connectivity index (χ1n) is 8.85. The Morgan fingerprint density at radius 2 is 1.12 bits per heavy atom. The van der Waals surface area contributed by atoms with Gasteiger partial charge in [0.25, 0.3) is 0 Å². The highest BCUT2D eigenvalue weighted by Gasteiger charge is 2.21. The fourth-order valence-corrected chi connectivity index (χ4v) is 6.03. The van der Waals surface area contributed by atoms with Gasteiger partial charge in [-0.2, -0.15) is 0 Å². The first-order chi connectivity index (χ1) is 12.8. The summed E-state index contributed by atoms with van der Waals surface area (Å²) in [5.41, 5.74) is 1.32. The van der Waals surface area contributed by atoms with Crippen LogP contribution in [-0.2, 0) is 0 Å². The molecule has 2 heteroatoms. The van der Waals surface area contributed by atoms with Crippen LogP contribution in [0.2, 0.25) is 0 Å². The van der Waals surface area contributed by atoms with Crippen molar-refractivity contribution in [2.75, 3.05) is 19.0 Å². The predicted octanol–water partition coefficient (Wildman–Crippen LogP) is 4.66. The van der Waals surface area contributed by atoms with E-state index in [0.29, 0.717) is 0 Å². The normalized spacial score (nSPS) is 11.0. The first kappa shape index (κ1) is 16.8. The van der Waals surface area contributed by atoms with Crippen molar-refractivity contribution in [3.8, 4) is 0 Å². The van der Waals surface area contributed by atoms with Crippen LogP contribution in [0.25, 0.3) is 10.8 Å². The zero-order chi connectivity index (χ0) is 17.9. The molecule has 1 nitrogen and oxygen atoms in total. The Labute approximate surface area is 156 Å². The number of rotatable bonds is 4. The lowest BCUT2D eigenvalue weighted by Crippen LogP contribution is -2.26. The van der Waals surface area contributed by atoms with Crippen LogP contribution in [0.5, 0.6) is 0 Å². The molecule has 4 aromatic rings. The number of fused-ring (bicyclic) bond motifs is 1. The molecule has 0 aliphatic rings.